The fraction of sp³-hybridized carbons (Fsp3) is 0.318. The summed E-state index contributed by atoms with van der Waals surface area (Å²) < 4.78 is 1.38. The number of likely N-dealkylation sites (N-methyl/N-ethyl adjacent to an activating group) is 1. The maximum atomic E-state index is 12.7. The van der Waals surface area contributed by atoms with E-state index in [2.05, 4.69) is 43.7 Å². The lowest BCUT2D eigenvalue weighted by Crippen LogP contribution is -2.44. The molecule has 0 radical (unpaired) electrons. The van der Waals surface area contributed by atoms with E-state index < -0.39 is 5.56 Å². The number of anilines is 3. The molecule has 1 aliphatic heterocycles. The van der Waals surface area contributed by atoms with Crippen molar-refractivity contribution in [2.45, 2.75) is 13.3 Å². The molecule has 3 aromatic rings. The van der Waals surface area contributed by atoms with Gasteiger partial charge in [0.15, 0.2) is 5.65 Å². The van der Waals surface area contributed by atoms with Gasteiger partial charge < -0.3 is 15.1 Å². The van der Waals surface area contributed by atoms with Crippen LogP contribution < -0.4 is 15.8 Å². The minimum atomic E-state index is -0.429. The van der Waals surface area contributed by atoms with E-state index >= 15 is 0 Å². The highest BCUT2D eigenvalue weighted by Crippen LogP contribution is 2.20. The van der Waals surface area contributed by atoms with Crippen LogP contribution in [0.5, 0.6) is 0 Å². The number of aromatic nitrogens is 4. The summed E-state index contributed by atoms with van der Waals surface area (Å²) in [6.07, 6.45) is 3.97. The average Bonchev–Trinajstić information content (AvgIpc) is 2.79. The molecule has 1 N–H and O–H groups in total. The zero-order chi connectivity index (χ0) is 22.0. The third-order valence-corrected chi connectivity index (χ3v) is 5.44. The molecule has 0 unspecified atom stereocenters. The topological polar surface area (TPSA) is 103 Å². The van der Waals surface area contributed by atoms with Crippen molar-refractivity contribution in [2.24, 2.45) is 0 Å². The SMILES string of the molecule is C=C(CC)n1c(=O)c(C#N)cc2cnc(Nc3ccc(N4CCN(C)CC4)cn3)nc21. The number of nitriles is 1. The lowest BCUT2D eigenvalue weighted by Gasteiger charge is -2.33. The van der Waals surface area contributed by atoms with Crippen molar-refractivity contribution in [3.05, 3.63) is 53.1 Å². The Balaban J connectivity index is 1.62. The first-order valence-corrected chi connectivity index (χ1v) is 10.2. The summed E-state index contributed by atoms with van der Waals surface area (Å²) in [4.78, 5) is 30.6. The molecule has 31 heavy (non-hydrogen) atoms. The standard InChI is InChI=1S/C22H24N8O/c1-4-15(2)30-20-17(11-16(12-23)21(30)31)13-25-22(27-20)26-19-6-5-18(14-24-19)29-9-7-28(3)8-10-29/h5-6,11,13-14H,2,4,7-10H2,1,3H3,(H,24,25,26,27). The second kappa shape index (κ2) is 8.53. The first-order chi connectivity index (χ1) is 15.0. The molecule has 9 heteroatoms. The molecule has 0 bridgehead atoms. The summed E-state index contributed by atoms with van der Waals surface area (Å²) in [6.45, 7) is 9.86. The fourth-order valence-electron chi connectivity index (χ4n) is 3.52. The molecule has 4 heterocycles. The Morgan fingerprint density at radius 2 is 2.00 bits per heavy atom. The van der Waals surface area contributed by atoms with Gasteiger partial charge in [-0.2, -0.15) is 10.2 Å². The Hall–Kier alpha value is -3.77. The summed E-state index contributed by atoms with van der Waals surface area (Å²) in [7, 11) is 2.13. The van der Waals surface area contributed by atoms with Crippen molar-refractivity contribution < 1.29 is 0 Å². The number of fused-ring (bicyclic) bond motifs is 1. The van der Waals surface area contributed by atoms with Gasteiger partial charge in [0.05, 0.1) is 11.9 Å². The van der Waals surface area contributed by atoms with E-state index in [-0.39, 0.29) is 5.56 Å². The molecular formula is C22H24N8O. The van der Waals surface area contributed by atoms with Crippen molar-refractivity contribution in [3.8, 4) is 6.07 Å². The van der Waals surface area contributed by atoms with Gasteiger partial charge in [-0.05, 0) is 31.7 Å². The predicted molar refractivity (Wildman–Crippen MR) is 121 cm³/mol. The second-order valence-electron chi connectivity index (χ2n) is 7.52. The van der Waals surface area contributed by atoms with Crippen LogP contribution in [0.4, 0.5) is 17.5 Å². The van der Waals surface area contributed by atoms with Gasteiger partial charge in [-0.25, -0.2) is 9.97 Å². The highest BCUT2D eigenvalue weighted by atomic mass is 16.1. The lowest BCUT2D eigenvalue weighted by molar-refractivity contribution is 0.313. The molecule has 4 rings (SSSR count). The predicted octanol–water partition coefficient (Wildman–Crippen LogP) is 2.43. The molecule has 0 spiro atoms. The van der Waals surface area contributed by atoms with E-state index in [1.54, 1.807) is 6.20 Å². The Morgan fingerprint density at radius 3 is 2.65 bits per heavy atom. The van der Waals surface area contributed by atoms with Gasteiger partial charge in [0, 0.05) is 43.5 Å². The van der Waals surface area contributed by atoms with Gasteiger partial charge in [0.1, 0.15) is 17.5 Å². The van der Waals surface area contributed by atoms with Gasteiger partial charge in [-0.15, -0.1) is 0 Å². The number of hydrogen-bond donors (Lipinski definition) is 1. The van der Waals surface area contributed by atoms with Crippen LogP contribution >= 0.6 is 0 Å². The largest absolute Gasteiger partial charge is 0.368 e. The molecular weight excluding hydrogens is 392 g/mol. The zero-order valence-electron chi connectivity index (χ0n) is 17.7. The molecule has 1 saturated heterocycles. The number of pyridine rings is 2. The van der Waals surface area contributed by atoms with Gasteiger partial charge in [-0.1, -0.05) is 13.5 Å². The van der Waals surface area contributed by atoms with Gasteiger partial charge in [-0.3, -0.25) is 9.36 Å². The van der Waals surface area contributed by atoms with Crippen LogP contribution in [0.2, 0.25) is 0 Å². The quantitative estimate of drug-likeness (QED) is 0.676. The Bertz CT molecular complexity index is 1220. The zero-order valence-corrected chi connectivity index (χ0v) is 17.7. The number of nitrogens with one attached hydrogen (secondary N) is 1. The van der Waals surface area contributed by atoms with Crippen LogP contribution in [0.15, 0.2) is 42.0 Å². The Morgan fingerprint density at radius 1 is 1.23 bits per heavy atom. The summed E-state index contributed by atoms with van der Waals surface area (Å²) >= 11 is 0. The molecule has 3 aromatic heterocycles. The van der Waals surface area contributed by atoms with E-state index in [1.807, 2.05) is 31.3 Å². The Kier molecular flexibility index (Phi) is 5.64. The van der Waals surface area contributed by atoms with E-state index in [0.717, 1.165) is 31.9 Å². The summed E-state index contributed by atoms with van der Waals surface area (Å²) in [5.41, 5.74) is 1.65. The monoisotopic (exact) mass is 416 g/mol. The first kappa shape index (κ1) is 20.5. The molecule has 0 saturated carbocycles. The van der Waals surface area contributed by atoms with Gasteiger partial charge in [0.25, 0.3) is 5.56 Å². The second-order valence-corrected chi connectivity index (χ2v) is 7.52. The minimum absolute atomic E-state index is 0.0348. The highest BCUT2D eigenvalue weighted by Gasteiger charge is 2.15. The molecule has 0 aliphatic carbocycles. The van der Waals surface area contributed by atoms with Crippen LogP contribution in [0.3, 0.4) is 0 Å². The molecule has 0 atom stereocenters. The molecule has 0 amide bonds. The average molecular weight is 416 g/mol. The maximum absolute atomic E-state index is 12.7. The summed E-state index contributed by atoms with van der Waals surface area (Å²) in [5, 5.41) is 13.0. The van der Waals surface area contributed by atoms with E-state index in [4.69, 9.17) is 0 Å². The minimum Gasteiger partial charge on any atom is -0.368 e. The molecule has 0 aromatic carbocycles. The number of rotatable bonds is 5. The van der Waals surface area contributed by atoms with Crippen molar-refractivity contribution in [3.63, 3.8) is 0 Å². The van der Waals surface area contributed by atoms with Crippen LogP contribution in [0, 0.1) is 11.3 Å². The first-order valence-electron chi connectivity index (χ1n) is 10.2. The van der Waals surface area contributed by atoms with Crippen LogP contribution in [-0.4, -0.2) is 57.6 Å². The number of allylic oxidation sites excluding steroid dienone is 1. The van der Waals surface area contributed by atoms with E-state index in [0.29, 0.717) is 34.9 Å². The Labute approximate surface area is 180 Å². The van der Waals surface area contributed by atoms with Crippen LogP contribution in [0.25, 0.3) is 16.7 Å². The van der Waals surface area contributed by atoms with Crippen molar-refractivity contribution in [1.29, 1.82) is 5.26 Å². The van der Waals surface area contributed by atoms with Crippen LogP contribution in [-0.2, 0) is 0 Å². The molecule has 1 fully saturated rings. The van der Waals surface area contributed by atoms with Crippen molar-refractivity contribution in [1.82, 2.24) is 24.4 Å². The van der Waals surface area contributed by atoms with Crippen molar-refractivity contribution in [2.75, 3.05) is 43.4 Å². The third kappa shape index (κ3) is 4.11. The third-order valence-electron chi connectivity index (χ3n) is 5.44. The molecule has 1 aliphatic rings. The smallest absolute Gasteiger partial charge is 0.274 e. The highest BCUT2D eigenvalue weighted by molar-refractivity contribution is 5.80. The van der Waals surface area contributed by atoms with Crippen LogP contribution in [0.1, 0.15) is 18.9 Å². The number of nitrogens with zero attached hydrogens (tertiary/aromatic N) is 7. The van der Waals surface area contributed by atoms with E-state index in [1.165, 1.54) is 10.6 Å². The summed E-state index contributed by atoms with van der Waals surface area (Å²) in [6, 6.07) is 7.35. The van der Waals surface area contributed by atoms with Gasteiger partial charge >= 0.3 is 0 Å². The number of hydrogen-bond acceptors (Lipinski definition) is 8. The van der Waals surface area contributed by atoms with Gasteiger partial charge in [0.2, 0.25) is 5.95 Å². The van der Waals surface area contributed by atoms with E-state index in [9.17, 15) is 10.1 Å². The lowest BCUT2D eigenvalue weighted by atomic mass is 10.2. The molecule has 158 valence electrons. The normalized spacial score (nSPS) is 14.4. The molecule has 9 nitrogen and oxygen atoms in total. The summed E-state index contributed by atoms with van der Waals surface area (Å²) in [5.74, 6) is 0.920. The number of piperazine rings is 1. The maximum Gasteiger partial charge on any atom is 0.274 e. The van der Waals surface area contributed by atoms with Crippen molar-refractivity contribution >= 4 is 34.2 Å². The fourth-order valence-corrected chi connectivity index (χ4v) is 3.52.